The number of H-pyrrole nitrogens is 1. The van der Waals surface area contributed by atoms with Gasteiger partial charge in [-0.05, 0) is 18.6 Å². The van der Waals surface area contributed by atoms with E-state index in [0.29, 0.717) is 24.4 Å². The molecule has 7 nitrogen and oxygen atoms in total. The quantitative estimate of drug-likeness (QED) is 0.842. The molecule has 0 atom stereocenters. The predicted molar refractivity (Wildman–Crippen MR) is 72.4 cm³/mol. The van der Waals surface area contributed by atoms with E-state index in [9.17, 15) is 9.59 Å². The molecule has 1 aliphatic heterocycles. The molecule has 3 heterocycles. The van der Waals surface area contributed by atoms with E-state index in [0.717, 1.165) is 13.0 Å². The zero-order chi connectivity index (χ0) is 14.7. The van der Waals surface area contributed by atoms with Gasteiger partial charge in [-0.2, -0.15) is 5.10 Å². The Hall–Kier alpha value is -2.57. The van der Waals surface area contributed by atoms with E-state index in [1.54, 1.807) is 23.1 Å². The topological polar surface area (TPSA) is 88.4 Å². The summed E-state index contributed by atoms with van der Waals surface area (Å²) in [6, 6.07) is 5.07. The number of hydrogen-bond donors (Lipinski definition) is 1. The van der Waals surface area contributed by atoms with Crippen molar-refractivity contribution in [2.45, 2.75) is 12.8 Å². The number of furan rings is 1. The second kappa shape index (κ2) is 5.82. The largest absolute Gasteiger partial charge is 0.463 e. The molecule has 0 aromatic carbocycles. The summed E-state index contributed by atoms with van der Waals surface area (Å²) in [6.45, 7) is 1.35. The Morgan fingerprint density at radius 3 is 3.14 bits per heavy atom. The number of rotatable bonds is 5. The number of aromatic nitrogens is 2. The van der Waals surface area contributed by atoms with Crippen LogP contribution >= 0.6 is 0 Å². The van der Waals surface area contributed by atoms with Crippen LogP contribution in [0, 0.1) is 0 Å². The van der Waals surface area contributed by atoms with Gasteiger partial charge in [-0.1, -0.05) is 0 Å². The molecule has 7 heteroatoms. The zero-order valence-electron chi connectivity index (χ0n) is 11.4. The summed E-state index contributed by atoms with van der Waals surface area (Å²) in [7, 11) is 0. The summed E-state index contributed by atoms with van der Waals surface area (Å²) in [4.78, 5) is 25.0. The van der Waals surface area contributed by atoms with E-state index >= 15 is 0 Å². The highest BCUT2D eigenvalue weighted by Crippen LogP contribution is 2.18. The number of likely N-dealkylation sites (tertiary alicyclic amines) is 1. The second-order valence-electron chi connectivity index (χ2n) is 4.76. The normalized spacial score (nSPS) is 14.7. The molecule has 1 saturated heterocycles. The van der Waals surface area contributed by atoms with Crippen molar-refractivity contribution in [1.82, 2.24) is 15.1 Å². The summed E-state index contributed by atoms with van der Waals surface area (Å²) in [6.07, 6.45) is 3.00. The lowest BCUT2D eigenvalue weighted by Gasteiger charge is -2.14. The van der Waals surface area contributed by atoms with Crippen LogP contribution in [-0.4, -0.2) is 46.7 Å². The Labute approximate surface area is 120 Å². The van der Waals surface area contributed by atoms with Crippen molar-refractivity contribution >= 4 is 11.9 Å². The highest BCUT2D eigenvalue weighted by atomic mass is 16.5. The van der Waals surface area contributed by atoms with Crippen LogP contribution in [0.15, 0.2) is 28.9 Å². The van der Waals surface area contributed by atoms with Gasteiger partial charge in [0.25, 0.3) is 0 Å². The van der Waals surface area contributed by atoms with Gasteiger partial charge in [-0.3, -0.25) is 9.89 Å². The van der Waals surface area contributed by atoms with E-state index in [1.807, 2.05) is 0 Å². The number of aromatic amines is 1. The van der Waals surface area contributed by atoms with Gasteiger partial charge in [0.05, 0.1) is 12.8 Å². The lowest BCUT2D eigenvalue weighted by Crippen LogP contribution is -2.29. The lowest BCUT2D eigenvalue weighted by molar-refractivity contribution is -0.128. The maximum atomic E-state index is 11.9. The Bertz CT molecular complexity index is 632. The number of esters is 1. The van der Waals surface area contributed by atoms with Crippen molar-refractivity contribution in [2.75, 3.05) is 19.7 Å². The smallest absolute Gasteiger partial charge is 0.356 e. The minimum Gasteiger partial charge on any atom is -0.463 e. The van der Waals surface area contributed by atoms with Gasteiger partial charge in [-0.25, -0.2) is 4.79 Å². The number of hydrogen-bond acceptors (Lipinski definition) is 5. The molecule has 1 aliphatic rings. The highest BCUT2D eigenvalue weighted by Gasteiger charge is 2.20. The zero-order valence-corrected chi connectivity index (χ0v) is 11.4. The van der Waals surface area contributed by atoms with E-state index in [1.165, 1.54) is 6.26 Å². The molecule has 1 fully saturated rings. The molecular weight excluding hydrogens is 274 g/mol. The van der Waals surface area contributed by atoms with Crippen molar-refractivity contribution in [3.8, 4) is 11.5 Å². The molecule has 0 radical (unpaired) electrons. The Kier molecular flexibility index (Phi) is 3.72. The number of amides is 1. The fraction of sp³-hybridized carbons (Fsp3) is 0.357. The Balaban J connectivity index is 1.52. The third-order valence-corrected chi connectivity index (χ3v) is 3.34. The third kappa shape index (κ3) is 2.96. The van der Waals surface area contributed by atoms with Gasteiger partial charge in [0.15, 0.2) is 5.76 Å². The van der Waals surface area contributed by atoms with Crippen molar-refractivity contribution in [3.05, 3.63) is 30.2 Å². The molecule has 21 heavy (non-hydrogen) atoms. The molecule has 1 N–H and O–H groups in total. The average Bonchev–Trinajstić information content (AvgIpc) is 3.19. The number of carbonyl (C=O) groups is 2. The fourth-order valence-corrected chi connectivity index (χ4v) is 2.24. The van der Waals surface area contributed by atoms with Gasteiger partial charge in [-0.15, -0.1) is 0 Å². The predicted octanol–water partition coefficient (Wildman–Crippen LogP) is 1.45. The molecule has 0 unspecified atom stereocenters. The summed E-state index contributed by atoms with van der Waals surface area (Å²) in [5.41, 5.74) is 0.802. The first-order valence-electron chi connectivity index (χ1n) is 6.78. The van der Waals surface area contributed by atoms with Crippen LogP contribution in [0.5, 0.6) is 0 Å². The third-order valence-electron chi connectivity index (χ3n) is 3.34. The fourth-order valence-electron chi connectivity index (χ4n) is 2.24. The van der Waals surface area contributed by atoms with E-state index in [-0.39, 0.29) is 18.2 Å². The first-order chi connectivity index (χ1) is 10.2. The van der Waals surface area contributed by atoms with Crippen molar-refractivity contribution in [1.29, 1.82) is 0 Å². The molecular formula is C14H15N3O4. The van der Waals surface area contributed by atoms with Crippen molar-refractivity contribution in [3.63, 3.8) is 0 Å². The van der Waals surface area contributed by atoms with Crippen LogP contribution in [0.2, 0.25) is 0 Å². The number of nitrogens with one attached hydrogen (secondary N) is 1. The summed E-state index contributed by atoms with van der Waals surface area (Å²) < 4.78 is 10.3. The van der Waals surface area contributed by atoms with E-state index in [2.05, 4.69) is 10.2 Å². The van der Waals surface area contributed by atoms with Crippen LogP contribution < -0.4 is 0 Å². The van der Waals surface area contributed by atoms with Crippen LogP contribution in [0.4, 0.5) is 0 Å². The lowest BCUT2D eigenvalue weighted by atomic mass is 10.3. The Morgan fingerprint density at radius 1 is 1.52 bits per heavy atom. The second-order valence-corrected chi connectivity index (χ2v) is 4.76. The van der Waals surface area contributed by atoms with Crippen LogP contribution in [0.25, 0.3) is 11.5 Å². The van der Waals surface area contributed by atoms with Crippen LogP contribution in [0.1, 0.15) is 23.3 Å². The van der Waals surface area contributed by atoms with Crippen LogP contribution in [-0.2, 0) is 9.53 Å². The molecule has 1 amide bonds. The monoisotopic (exact) mass is 289 g/mol. The molecule has 2 aromatic heterocycles. The number of ether oxygens (including phenoxy) is 1. The molecule has 0 saturated carbocycles. The summed E-state index contributed by atoms with van der Waals surface area (Å²) in [5, 5.41) is 6.61. The maximum Gasteiger partial charge on any atom is 0.356 e. The minimum absolute atomic E-state index is 0.118. The van der Waals surface area contributed by atoms with Gasteiger partial charge in [0.2, 0.25) is 5.91 Å². The first-order valence-corrected chi connectivity index (χ1v) is 6.78. The molecule has 110 valence electrons. The van der Waals surface area contributed by atoms with Gasteiger partial charge >= 0.3 is 5.97 Å². The van der Waals surface area contributed by atoms with E-state index < -0.39 is 5.97 Å². The molecule has 2 aromatic rings. The molecule has 0 aliphatic carbocycles. The SMILES string of the molecule is O=C(OCCN1CCCC1=O)c1cc(-c2ccco2)n[nH]1. The number of carbonyl (C=O) groups excluding carboxylic acids is 2. The maximum absolute atomic E-state index is 11.9. The first kappa shape index (κ1) is 13.4. The number of nitrogens with zero attached hydrogens (tertiary/aromatic N) is 2. The van der Waals surface area contributed by atoms with Gasteiger partial charge < -0.3 is 14.1 Å². The molecule has 0 spiro atoms. The van der Waals surface area contributed by atoms with Crippen molar-refractivity contribution in [2.24, 2.45) is 0 Å². The van der Waals surface area contributed by atoms with E-state index in [4.69, 9.17) is 9.15 Å². The molecule has 0 bridgehead atoms. The molecule has 3 rings (SSSR count). The van der Waals surface area contributed by atoms with Crippen molar-refractivity contribution < 1.29 is 18.7 Å². The van der Waals surface area contributed by atoms with Gasteiger partial charge in [0, 0.05) is 19.0 Å². The highest BCUT2D eigenvalue weighted by molar-refractivity contribution is 5.88. The minimum atomic E-state index is -0.494. The summed E-state index contributed by atoms with van der Waals surface area (Å²) in [5.74, 6) is 0.201. The Morgan fingerprint density at radius 2 is 2.43 bits per heavy atom. The average molecular weight is 289 g/mol. The van der Waals surface area contributed by atoms with Crippen LogP contribution in [0.3, 0.4) is 0 Å². The van der Waals surface area contributed by atoms with Gasteiger partial charge in [0.1, 0.15) is 18.0 Å². The summed E-state index contributed by atoms with van der Waals surface area (Å²) >= 11 is 0. The standard InChI is InChI=1S/C14H15N3O4/c18-13-4-1-5-17(13)6-8-21-14(19)11-9-10(15-16-11)12-3-2-7-20-12/h2-3,7,9H,1,4-6,8H2,(H,15,16).